The summed E-state index contributed by atoms with van der Waals surface area (Å²) in [6.45, 7) is 8.18. The van der Waals surface area contributed by atoms with Crippen molar-refractivity contribution in [2.24, 2.45) is 0 Å². The van der Waals surface area contributed by atoms with E-state index < -0.39 is 0 Å². The van der Waals surface area contributed by atoms with Crippen LogP contribution in [0.5, 0.6) is 5.75 Å². The van der Waals surface area contributed by atoms with Crippen molar-refractivity contribution in [3.05, 3.63) is 29.8 Å². The number of hydrogen-bond acceptors (Lipinski definition) is 2. The number of phenols is 1. The summed E-state index contributed by atoms with van der Waals surface area (Å²) >= 11 is 0. The molecule has 1 rings (SSSR count). The van der Waals surface area contributed by atoms with Gasteiger partial charge in [0.15, 0.2) is 0 Å². The molecule has 107 valence electrons. The second-order valence-corrected chi connectivity index (χ2v) is 3.59. The molecule has 0 aliphatic heterocycles. The van der Waals surface area contributed by atoms with Crippen LogP contribution in [0.25, 0.3) is 0 Å². The van der Waals surface area contributed by atoms with E-state index in [9.17, 15) is 0 Å². The van der Waals surface area contributed by atoms with Gasteiger partial charge in [-0.3, -0.25) is 4.79 Å². The number of benzene rings is 1. The van der Waals surface area contributed by atoms with Gasteiger partial charge >= 0.3 is 0 Å². The summed E-state index contributed by atoms with van der Waals surface area (Å²) < 4.78 is 0. The molecule has 3 nitrogen and oxygen atoms in total. The van der Waals surface area contributed by atoms with Crippen LogP contribution in [0.3, 0.4) is 0 Å². The van der Waals surface area contributed by atoms with Gasteiger partial charge in [0.2, 0.25) is 0 Å². The molecule has 1 aromatic carbocycles. The van der Waals surface area contributed by atoms with E-state index in [1.807, 2.05) is 26.0 Å². The molecule has 1 atom stereocenters. The summed E-state index contributed by atoms with van der Waals surface area (Å²) in [6, 6.07) is 7.60. The Morgan fingerprint density at radius 2 is 1.58 bits per heavy atom. The van der Waals surface area contributed by atoms with Gasteiger partial charge in [-0.2, -0.15) is 0 Å². The SMILES string of the molecule is CC.CCCC(CC)c1ccc(O)cc1.O=CO.[Y]. The zero-order chi connectivity index (χ0) is 14.4. The molecule has 0 saturated heterocycles. The smallest absolute Gasteiger partial charge is 0.290 e. The molecule has 0 aromatic heterocycles. The van der Waals surface area contributed by atoms with Crippen LogP contribution < -0.4 is 0 Å². The molecule has 0 heterocycles. The molecule has 0 amide bonds. The maximum absolute atomic E-state index is 9.14. The van der Waals surface area contributed by atoms with Crippen molar-refractivity contribution >= 4 is 6.47 Å². The van der Waals surface area contributed by atoms with Crippen LogP contribution in [0.4, 0.5) is 0 Å². The van der Waals surface area contributed by atoms with E-state index in [-0.39, 0.29) is 39.2 Å². The molecule has 2 N–H and O–H groups in total. The molecular formula is C15H26O3Y. The summed E-state index contributed by atoms with van der Waals surface area (Å²) in [5.41, 5.74) is 1.35. The summed E-state index contributed by atoms with van der Waals surface area (Å²) in [4.78, 5) is 8.36. The van der Waals surface area contributed by atoms with E-state index in [0.717, 1.165) is 0 Å². The summed E-state index contributed by atoms with van der Waals surface area (Å²) in [7, 11) is 0. The standard InChI is InChI=1S/C12H18O.C2H6.CH2O2.Y/c1-3-5-10(4-2)11-6-8-12(13)9-7-11;1-2;2-1-3;/h6-10,13H,3-5H2,1-2H3;1-2H3;1H,(H,2,3);. The number of aromatic hydroxyl groups is 1. The quantitative estimate of drug-likeness (QED) is 0.796. The van der Waals surface area contributed by atoms with Gasteiger partial charge in [0.05, 0.1) is 0 Å². The molecule has 0 spiro atoms. The fourth-order valence-electron chi connectivity index (χ4n) is 1.70. The fraction of sp³-hybridized carbons (Fsp3) is 0.533. The molecule has 0 aliphatic rings. The predicted molar refractivity (Wildman–Crippen MR) is 76.1 cm³/mol. The molecule has 0 fully saturated rings. The first-order valence-electron chi connectivity index (χ1n) is 6.56. The monoisotopic (exact) mass is 343 g/mol. The molecule has 19 heavy (non-hydrogen) atoms. The van der Waals surface area contributed by atoms with E-state index >= 15 is 0 Å². The Kier molecular flexibility index (Phi) is 21.9. The second-order valence-electron chi connectivity index (χ2n) is 3.59. The van der Waals surface area contributed by atoms with Gasteiger partial charge in [-0.05, 0) is 36.5 Å². The van der Waals surface area contributed by atoms with Crippen LogP contribution in [0.15, 0.2) is 24.3 Å². The van der Waals surface area contributed by atoms with Crippen LogP contribution in [0.1, 0.15) is 58.4 Å². The minimum Gasteiger partial charge on any atom is -0.508 e. The summed E-state index contributed by atoms with van der Waals surface area (Å²) in [5, 5.41) is 16.0. The first kappa shape index (κ1) is 23.7. The van der Waals surface area contributed by atoms with Crippen molar-refractivity contribution in [2.75, 3.05) is 0 Å². The van der Waals surface area contributed by atoms with Crippen LogP contribution in [0, 0.1) is 0 Å². The largest absolute Gasteiger partial charge is 0.508 e. The van der Waals surface area contributed by atoms with Gasteiger partial charge in [0.25, 0.3) is 6.47 Å². The third-order valence-electron chi connectivity index (χ3n) is 2.49. The molecule has 4 heteroatoms. The first-order chi connectivity index (χ1) is 8.69. The normalized spacial score (nSPS) is 9.68. The maximum atomic E-state index is 9.14. The Hall–Kier alpha value is -0.406. The van der Waals surface area contributed by atoms with Gasteiger partial charge in [-0.1, -0.05) is 46.2 Å². The van der Waals surface area contributed by atoms with E-state index in [4.69, 9.17) is 15.0 Å². The van der Waals surface area contributed by atoms with Crippen molar-refractivity contribution in [3.8, 4) is 5.75 Å². The maximum Gasteiger partial charge on any atom is 0.290 e. The number of rotatable bonds is 4. The summed E-state index contributed by atoms with van der Waals surface area (Å²) in [6.07, 6.45) is 3.64. The van der Waals surface area contributed by atoms with Crippen molar-refractivity contribution in [1.82, 2.24) is 0 Å². The van der Waals surface area contributed by atoms with E-state index in [1.54, 1.807) is 12.1 Å². The first-order valence-corrected chi connectivity index (χ1v) is 6.56. The Balaban J connectivity index is -0.000000376. The molecule has 0 bridgehead atoms. The number of carbonyl (C=O) groups is 1. The zero-order valence-corrected chi connectivity index (χ0v) is 15.3. The Bertz CT molecular complexity index is 286. The fourth-order valence-corrected chi connectivity index (χ4v) is 1.70. The Morgan fingerprint density at radius 3 is 1.89 bits per heavy atom. The van der Waals surface area contributed by atoms with Crippen LogP contribution in [-0.4, -0.2) is 16.7 Å². The van der Waals surface area contributed by atoms with Gasteiger partial charge in [0.1, 0.15) is 5.75 Å². The average Bonchev–Trinajstić information content (AvgIpc) is 2.40. The molecule has 0 saturated carbocycles. The number of carboxylic acid groups (broad SMARTS) is 1. The molecular weight excluding hydrogens is 317 g/mol. The number of phenolic OH excluding ortho intramolecular Hbond substituents is 1. The van der Waals surface area contributed by atoms with Gasteiger partial charge in [-0.25, -0.2) is 0 Å². The van der Waals surface area contributed by atoms with Gasteiger partial charge < -0.3 is 10.2 Å². The van der Waals surface area contributed by atoms with Crippen molar-refractivity contribution < 1.29 is 47.7 Å². The Labute approximate surface area is 142 Å². The third kappa shape index (κ3) is 12.4. The van der Waals surface area contributed by atoms with Gasteiger partial charge in [-0.15, -0.1) is 0 Å². The van der Waals surface area contributed by atoms with Crippen molar-refractivity contribution in [1.29, 1.82) is 0 Å². The predicted octanol–water partition coefficient (Wildman–Crippen LogP) is 4.41. The zero-order valence-electron chi connectivity index (χ0n) is 12.5. The minimum absolute atomic E-state index is 0. The van der Waals surface area contributed by atoms with Crippen LogP contribution in [-0.2, 0) is 37.5 Å². The second kappa shape index (κ2) is 17.6. The van der Waals surface area contributed by atoms with Crippen LogP contribution in [0.2, 0.25) is 0 Å². The summed E-state index contributed by atoms with van der Waals surface area (Å²) in [5.74, 6) is 1.01. The van der Waals surface area contributed by atoms with Crippen molar-refractivity contribution in [2.45, 2.75) is 52.9 Å². The van der Waals surface area contributed by atoms with Crippen molar-refractivity contribution in [3.63, 3.8) is 0 Å². The van der Waals surface area contributed by atoms with Gasteiger partial charge in [0, 0.05) is 32.7 Å². The van der Waals surface area contributed by atoms with E-state index in [2.05, 4.69) is 13.8 Å². The third-order valence-corrected chi connectivity index (χ3v) is 2.49. The minimum atomic E-state index is -0.250. The molecule has 1 unspecified atom stereocenters. The molecule has 1 aromatic rings. The molecule has 0 aliphatic carbocycles. The molecule has 1 radical (unpaired) electrons. The average molecular weight is 343 g/mol. The number of hydrogen-bond donors (Lipinski definition) is 2. The van der Waals surface area contributed by atoms with E-state index in [1.165, 1.54) is 24.8 Å². The van der Waals surface area contributed by atoms with E-state index in [0.29, 0.717) is 11.7 Å². The topological polar surface area (TPSA) is 57.5 Å². The van der Waals surface area contributed by atoms with Crippen LogP contribution >= 0.6 is 0 Å². The Morgan fingerprint density at radius 1 is 1.16 bits per heavy atom.